The quantitative estimate of drug-likeness (QED) is 0.785. The van der Waals surface area contributed by atoms with Crippen molar-refractivity contribution in [1.29, 1.82) is 0 Å². The molecule has 1 aromatic rings. The van der Waals surface area contributed by atoms with Gasteiger partial charge in [0.15, 0.2) is 0 Å². The van der Waals surface area contributed by atoms with Crippen molar-refractivity contribution in [3.63, 3.8) is 0 Å². The van der Waals surface area contributed by atoms with Crippen LogP contribution >= 0.6 is 0 Å². The lowest BCUT2D eigenvalue weighted by molar-refractivity contribution is 0.282. The van der Waals surface area contributed by atoms with Crippen molar-refractivity contribution in [3.05, 3.63) is 23.8 Å². The molecule has 0 spiro atoms. The molecule has 0 amide bonds. The molecule has 4 nitrogen and oxygen atoms in total. The molecule has 4 heteroatoms. The minimum atomic E-state index is 0.223. The number of ether oxygens (including phenoxy) is 2. The lowest BCUT2D eigenvalue weighted by Gasteiger charge is -2.19. The van der Waals surface area contributed by atoms with Crippen LogP contribution in [0.25, 0.3) is 0 Å². The van der Waals surface area contributed by atoms with Gasteiger partial charge in [-0.2, -0.15) is 0 Å². The molecule has 18 heavy (non-hydrogen) atoms. The summed E-state index contributed by atoms with van der Waals surface area (Å²) in [5.41, 5.74) is 1.16. The van der Waals surface area contributed by atoms with Gasteiger partial charge < -0.3 is 19.9 Å². The molecule has 0 bridgehead atoms. The van der Waals surface area contributed by atoms with Crippen LogP contribution in [0.2, 0.25) is 0 Å². The third-order valence-electron chi connectivity index (χ3n) is 3.21. The average Bonchev–Trinajstić information content (AvgIpc) is 2.61. The van der Waals surface area contributed by atoms with Gasteiger partial charge in [-0.15, -0.1) is 0 Å². The van der Waals surface area contributed by atoms with Crippen LogP contribution in [0, 0.1) is 0 Å². The van der Waals surface area contributed by atoms with E-state index in [4.69, 9.17) is 14.6 Å². The van der Waals surface area contributed by atoms with Crippen molar-refractivity contribution < 1.29 is 14.6 Å². The van der Waals surface area contributed by atoms with Crippen LogP contribution in [0.3, 0.4) is 0 Å². The second kappa shape index (κ2) is 6.61. The Morgan fingerprint density at radius 2 is 2.39 bits per heavy atom. The Morgan fingerprint density at radius 1 is 1.50 bits per heavy atom. The molecule has 1 heterocycles. The summed E-state index contributed by atoms with van der Waals surface area (Å²) in [5.74, 6) is 1.79. The van der Waals surface area contributed by atoms with Crippen LogP contribution in [-0.4, -0.2) is 32.0 Å². The number of hydrogen-bond donors (Lipinski definition) is 2. The Labute approximate surface area is 108 Å². The number of nitrogens with one attached hydrogen (secondary N) is 1. The number of methoxy groups -OCH3 is 1. The first-order chi connectivity index (χ1) is 8.85. The SMILES string of the molecule is COc1ccc2c(c1)C(NCCCO)CCCO2. The molecule has 0 aliphatic carbocycles. The molecule has 2 rings (SSSR count). The van der Waals surface area contributed by atoms with Gasteiger partial charge in [-0.1, -0.05) is 0 Å². The van der Waals surface area contributed by atoms with Crippen molar-refractivity contribution in [2.24, 2.45) is 0 Å². The first kappa shape index (κ1) is 13.2. The molecular weight excluding hydrogens is 230 g/mol. The van der Waals surface area contributed by atoms with E-state index in [1.54, 1.807) is 7.11 Å². The van der Waals surface area contributed by atoms with Gasteiger partial charge in [0.2, 0.25) is 0 Å². The van der Waals surface area contributed by atoms with Gasteiger partial charge in [0.05, 0.1) is 13.7 Å². The molecule has 0 aromatic heterocycles. The van der Waals surface area contributed by atoms with Crippen LogP contribution in [0.1, 0.15) is 30.9 Å². The average molecular weight is 251 g/mol. The topological polar surface area (TPSA) is 50.7 Å². The molecule has 0 fully saturated rings. The van der Waals surface area contributed by atoms with Gasteiger partial charge in [-0.25, -0.2) is 0 Å². The van der Waals surface area contributed by atoms with E-state index in [1.807, 2.05) is 18.2 Å². The molecule has 100 valence electrons. The summed E-state index contributed by atoms with van der Waals surface area (Å²) in [6.45, 7) is 1.80. The number of aliphatic hydroxyl groups excluding tert-OH is 1. The molecule has 1 aliphatic heterocycles. The van der Waals surface area contributed by atoms with Gasteiger partial charge >= 0.3 is 0 Å². The molecule has 1 aliphatic rings. The van der Waals surface area contributed by atoms with Crippen molar-refractivity contribution in [3.8, 4) is 11.5 Å². The summed E-state index contributed by atoms with van der Waals surface area (Å²) in [5, 5.41) is 12.3. The number of rotatable bonds is 5. The summed E-state index contributed by atoms with van der Waals surface area (Å²) in [7, 11) is 1.67. The monoisotopic (exact) mass is 251 g/mol. The van der Waals surface area contributed by atoms with Gasteiger partial charge in [0, 0.05) is 18.2 Å². The fourth-order valence-corrected chi connectivity index (χ4v) is 2.25. The number of fused-ring (bicyclic) bond motifs is 1. The first-order valence-corrected chi connectivity index (χ1v) is 6.50. The summed E-state index contributed by atoms with van der Waals surface area (Å²) >= 11 is 0. The molecule has 0 saturated heterocycles. The lowest BCUT2D eigenvalue weighted by Crippen LogP contribution is -2.22. The van der Waals surface area contributed by atoms with Crippen LogP contribution < -0.4 is 14.8 Å². The van der Waals surface area contributed by atoms with Crippen molar-refractivity contribution in [1.82, 2.24) is 5.32 Å². The molecule has 1 atom stereocenters. The molecule has 1 unspecified atom stereocenters. The van der Waals surface area contributed by atoms with Crippen LogP contribution in [0.15, 0.2) is 18.2 Å². The zero-order chi connectivity index (χ0) is 12.8. The van der Waals surface area contributed by atoms with E-state index in [0.717, 1.165) is 49.5 Å². The second-order valence-corrected chi connectivity index (χ2v) is 4.48. The van der Waals surface area contributed by atoms with E-state index < -0.39 is 0 Å². The lowest BCUT2D eigenvalue weighted by atomic mass is 10.0. The maximum absolute atomic E-state index is 8.84. The van der Waals surface area contributed by atoms with Crippen LogP contribution in [0.5, 0.6) is 11.5 Å². The van der Waals surface area contributed by atoms with Crippen LogP contribution in [0.4, 0.5) is 0 Å². The summed E-state index contributed by atoms with van der Waals surface area (Å²) < 4.78 is 11.0. The molecular formula is C14H21NO3. The fourth-order valence-electron chi connectivity index (χ4n) is 2.25. The third-order valence-corrected chi connectivity index (χ3v) is 3.21. The van der Waals surface area contributed by atoms with Gasteiger partial charge in [0.25, 0.3) is 0 Å². The van der Waals surface area contributed by atoms with Crippen LogP contribution in [-0.2, 0) is 0 Å². The number of aliphatic hydroxyl groups is 1. The predicted octanol–water partition coefficient (Wildman–Crippen LogP) is 1.88. The predicted molar refractivity (Wildman–Crippen MR) is 70.2 cm³/mol. The second-order valence-electron chi connectivity index (χ2n) is 4.48. The largest absolute Gasteiger partial charge is 0.497 e. The van der Waals surface area contributed by atoms with E-state index in [1.165, 1.54) is 0 Å². The highest BCUT2D eigenvalue weighted by molar-refractivity contribution is 5.42. The summed E-state index contributed by atoms with van der Waals surface area (Å²) in [6.07, 6.45) is 2.86. The maximum Gasteiger partial charge on any atom is 0.124 e. The number of hydrogen-bond acceptors (Lipinski definition) is 4. The Bertz CT molecular complexity index is 381. The Kier molecular flexibility index (Phi) is 4.84. The van der Waals surface area contributed by atoms with E-state index in [-0.39, 0.29) is 12.6 Å². The zero-order valence-electron chi connectivity index (χ0n) is 10.8. The third kappa shape index (κ3) is 3.15. The van der Waals surface area contributed by atoms with Crippen molar-refractivity contribution in [2.75, 3.05) is 26.9 Å². The van der Waals surface area contributed by atoms with Gasteiger partial charge in [0.1, 0.15) is 11.5 Å². The van der Waals surface area contributed by atoms with Crippen molar-refractivity contribution in [2.45, 2.75) is 25.3 Å². The smallest absolute Gasteiger partial charge is 0.124 e. The highest BCUT2D eigenvalue weighted by Crippen LogP contribution is 2.34. The highest BCUT2D eigenvalue weighted by Gasteiger charge is 2.19. The standard InChI is InChI=1S/C14H21NO3/c1-17-11-5-6-14-12(10-11)13(4-2-9-18-14)15-7-3-8-16/h5-6,10,13,15-16H,2-4,7-9H2,1H3. The fraction of sp³-hybridized carbons (Fsp3) is 0.571. The molecule has 0 saturated carbocycles. The summed E-state index contributed by atoms with van der Waals surface area (Å²) in [6, 6.07) is 6.22. The van der Waals surface area contributed by atoms with E-state index in [0.29, 0.717) is 0 Å². The van der Waals surface area contributed by atoms with E-state index in [2.05, 4.69) is 5.32 Å². The molecule has 1 aromatic carbocycles. The van der Waals surface area contributed by atoms with Gasteiger partial charge in [-0.05, 0) is 44.0 Å². The van der Waals surface area contributed by atoms with Crippen molar-refractivity contribution >= 4 is 0 Å². The Balaban J connectivity index is 2.16. The van der Waals surface area contributed by atoms with E-state index in [9.17, 15) is 0 Å². The maximum atomic E-state index is 8.84. The number of benzene rings is 1. The minimum Gasteiger partial charge on any atom is -0.497 e. The molecule has 2 N–H and O–H groups in total. The summed E-state index contributed by atoms with van der Waals surface area (Å²) in [4.78, 5) is 0. The molecule has 0 radical (unpaired) electrons. The zero-order valence-corrected chi connectivity index (χ0v) is 10.8. The minimum absolute atomic E-state index is 0.223. The Hall–Kier alpha value is -1.26. The first-order valence-electron chi connectivity index (χ1n) is 6.50. The van der Waals surface area contributed by atoms with E-state index >= 15 is 0 Å². The highest BCUT2D eigenvalue weighted by atomic mass is 16.5. The normalized spacial score (nSPS) is 18.7. The van der Waals surface area contributed by atoms with Gasteiger partial charge in [-0.3, -0.25) is 0 Å². The Morgan fingerprint density at radius 3 is 3.17 bits per heavy atom.